The molecule has 1 N–H and O–H groups in total. The lowest BCUT2D eigenvalue weighted by molar-refractivity contribution is 0.574. The number of benzene rings is 1. The Morgan fingerprint density at radius 1 is 1.04 bits per heavy atom. The van der Waals surface area contributed by atoms with Crippen LogP contribution in [0.15, 0.2) is 35.2 Å². The number of hydrogen-bond acceptors (Lipinski definition) is 5. The Morgan fingerprint density at radius 2 is 1.70 bits per heavy atom. The van der Waals surface area contributed by atoms with Crippen molar-refractivity contribution in [2.75, 3.05) is 24.2 Å². The molecule has 8 heteroatoms. The van der Waals surface area contributed by atoms with E-state index in [9.17, 15) is 8.42 Å². The molecule has 1 fully saturated rings. The zero-order valence-corrected chi connectivity index (χ0v) is 17.0. The highest BCUT2D eigenvalue weighted by atomic mass is 35.5. The molecule has 0 bridgehead atoms. The average molecular weight is 407 g/mol. The number of aryl methyl sites for hydroxylation is 1. The van der Waals surface area contributed by atoms with Crippen molar-refractivity contribution in [3.05, 3.63) is 36.2 Å². The first-order valence-corrected chi connectivity index (χ1v) is 10.7. The zero-order valence-electron chi connectivity index (χ0n) is 15.4. The molecule has 0 saturated carbocycles. The van der Waals surface area contributed by atoms with Gasteiger partial charge in [0.2, 0.25) is 0 Å². The van der Waals surface area contributed by atoms with Crippen molar-refractivity contribution in [1.82, 2.24) is 15.0 Å². The molecule has 1 aliphatic rings. The van der Waals surface area contributed by atoms with Crippen LogP contribution in [0.25, 0.3) is 22.3 Å². The molecule has 4 rings (SSSR count). The summed E-state index contributed by atoms with van der Waals surface area (Å²) in [4.78, 5) is 15.3. The van der Waals surface area contributed by atoms with Crippen molar-refractivity contribution in [2.45, 2.75) is 31.1 Å². The van der Waals surface area contributed by atoms with Gasteiger partial charge < -0.3 is 9.88 Å². The Balaban J connectivity index is 0.00000210. The monoisotopic (exact) mass is 406 g/mol. The van der Waals surface area contributed by atoms with Crippen molar-refractivity contribution in [2.24, 2.45) is 0 Å². The van der Waals surface area contributed by atoms with Gasteiger partial charge in [-0.3, -0.25) is 0 Å². The van der Waals surface area contributed by atoms with Gasteiger partial charge >= 0.3 is 0 Å². The summed E-state index contributed by atoms with van der Waals surface area (Å²) >= 11 is 0. The molecule has 144 valence electrons. The fourth-order valence-corrected chi connectivity index (χ4v) is 4.11. The molecule has 1 saturated heterocycles. The number of anilines is 1. The summed E-state index contributed by atoms with van der Waals surface area (Å²) in [6.45, 7) is 3.95. The van der Waals surface area contributed by atoms with Gasteiger partial charge in [0, 0.05) is 25.0 Å². The highest BCUT2D eigenvalue weighted by Crippen LogP contribution is 2.30. The highest BCUT2D eigenvalue weighted by molar-refractivity contribution is 7.90. The third-order valence-electron chi connectivity index (χ3n) is 4.82. The Morgan fingerprint density at radius 3 is 2.33 bits per heavy atom. The first kappa shape index (κ1) is 19.6. The van der Waals surface area contributed by atoms with E-state index in [1.807, 2.05) is 25.1 Å². The van der Waals surface area contributed by atoms with Gasteiger partial charge in [0.1, 0.15) is 11.3 Å². The molecule has 1 aliphatic heterocycles. The first-order valence-electron chi connectivity index (χ1n) is 8.84. The van der Waals surface area contributed by atoms with Crippen LogP contribution in [0.5, 0.6) is 0 Å². The van der Waals surface area contributed by atoms with Crippen LogP contribution < -0.4 is 4.90 Å². The topological polar surface area (TPSA) is 79.0 Å². The summed E-state index contributed by atoms with van der Waals surface area (Å²) in [6.07, 6.45) is 4.86. The number of fused-ring (bicyclic) bond motifs is 1. The normalized spacial score (nSPS) is 15.0. The van der Waals surface area contributed by atoms with Gasteiger partial charge in [-0.1, -0.05) is 12.1 Å². The highest BCUT2D eigenvalue weighted by Gasteiger charge is 2.18. The third kappa shape index (κ3) is 3.94. The van der Waals surface area contributed by atoms with Crippen molar-refractivity contribution < 1.29 is 8.42 Å². The Labute approximate surface area is 165 Å². The molecule has 0 spiro atoms. The number of halogens is 1. The van der Waals surface area contributed by atoms with Gasteiger partial charge in [-0.15, -0.1) is 12.4 Å². The van der Waals surface area contributed by atoms with Gasteiger partial charge in [0.05, 0.1) is 10.4 Å². The molecule has 1 aromatic carbocycles. The Kier molecular flexibility index (Phi) is 5.44. The van der Waals surface area contributed by atoms with Crippen LogP contribution >= 0.6 is 12.4 Å². The number of rotatable bonds is 3. The minimum atomic E-state index is -3.19. The minimum absolute atomic E-state index is 0. The van der Waals surface area contributed by atoms with Crippen LogP contribution in [-0.4, -0.2) is 42.7 Å². The third-order valence-corrected chi connectivity index (χ3v) is 5.95. The molecule has 2 aromatic heterocycles. The van der Waals surface area contributed by atoms with Crippen LogP contribution in [-0.2, 0) is 9.84 Å². The van der Waals surface area contributed by atoms with Crippen LogP contribution in [0, 0.1) is 6.92 Å². The van der Waals surface area contributed by atoms with E-state index in [2.05, 4.69) is 19.9 Å². The van der Waals surface area contributed by atoms with Crippen molar-refractivity contribution >= 4 is 39.1 Å². The number of H-pyrrole nitrogens is 1. The SMILES string of the molecule is Cc1nc(N2CCCCC2)c2[nH]c(-c3ccc(S(C)(=O)=O)cc3)cc2n1.Cl. The Bertz CT molecular complexity index is 1060. The van der Waals surface area contributed by atoms with Crippen LogP contribution in [0.4, 0.5) is 5.82 Å². The van der Waals surface area contributed by atoms with Crippen LogP contribution in [0.2, 0.25) is 0 Å². The number of piperidine rings is 1. The molecule has 6 nitrogen and oxygen atoms in total. The summed E-state index contributed by atoms with van der Waals surface area (Å²) in [5.74, 6) is 1.72. The van der Waals surface area contributed by atoms with E-state index in [4.69, 9.17) is 0 Å². The number of aromatic nitrogens is 3. The second-order valence-electron chi connectivity index (χ2n) is 6.88. The van der Waals surface area contributed by atoms with Crippen molar-refractivity contribution in [1.29, 1.82) is 0 Å². The van der Waals surface area contributed by atoms with E-state index in [0.29, 0.717) is 4.90 Å². The zero-order chi connectivity index (χ0) is 18.3. The van der Waals surface area contributed by atoms with E-state index in [1.165, 1.54) is 25.5 Å². The second kappa shape index (κ2) is 7.48. The Hall–Kier alpha value is -2.12. The first-order chi connectivity index (χ1) is 12.4. The summed E-state index contributed by atoms with van der Waals surface area (Å²) in [5, 5.41) is 0. The molecule has 0 radical (unpaired) electrons. The van der Waals surface area contributed by atoms with E-state index in [0.717, 1.165) is 47.0 Å². The van der Waals surface area contributed by atoms with Gasteiger partial charge in [-0.2, -0.15) is 0 Å². The molecular formula is C19H23ClN4O2S. The summed E-state index contributed by atoms with van der Waals surface area (Å²) in [7, 11) is -3.19. The standard InChI is InChI=1S/C19H22N4O2S.ClH/c1-13-20-17-12-16(14-6-8-15(9-7-14)26(2,24)25)22-18(17)19(21-13)23-10-4-3-5-11-23;/h6-9,12,22H,3-5,10-11H2,1-2H3;1H. The quantitative estimate of drug-likeness (QED) is 0.716. The molecule has 0 aliphatic carbocycles. The maximum absolute atomic E-state index is 11.6. The van der Waals surface area contributed by atoms with Crippen LogP contribution in [0.3, 0.4) is 0 Å². The number of aromatic amines is 1. The van der Waals surface area contributed by atoms with Gasteiger partial charge in [0.15, 0.2) is 15.7 Å². The molecule has 3 aromatic rings. The molecule has 3 heterocycles. The van der Waals surface area contributed by atoms with Gasteiger partial charge in [-0.05, 0) is 49.9 Å². The number of sulfone groups is 1. The lowest BCUT2D eigenvalue weighted by Crippen LogP contribution is -2.30. The maximum atomic E-state index is 11.6. The number of nitrogens with zero attached hydrogens (tertiary/aromatic N) is 3. The van der Waals surface area contributed by atoms with Crippen molar-refractivity contribution in [3.8, 4) is 11.3 Å². The van der Waals surface area contributed by atoms with Gasteiger partial charge in [-0.25, -0.2) is 18.4 Å². The largest absolute Gasteiger partial charge is 0.355 e. The predicted molar refractivity (Wildman–Crippen MR) is 110 cm³/mol. The van der Waals surface area contributed by atoms with E-state index in [-0.39, 0.29) is 12.4 Å². The maximum Gasteiger partial charge on any atom is 0.175 e. The molecule has 0 unspecified atom stereocenters. The molecule has 0 amide bonds. The van der Waals surface area contributed by atoms with Crippen LogP contribution in [0.1, 0.15) is 25.1 Å². The molecule has 0 atom stereocenters. The predicted octanol–water partition coefficient (Wildman–Crippen LogP) is 3.75. The summed E-state index contributed by atoms with van der Waals surface area (Å²) in [6, 6.07) is 8.92. The van der Waals surface area contributed by atoms with E-state index in [1.54, 1.807) is 12.1 Å². The number of hydrogen-bond donors (Lipinski definition) is 1. The minimum Gasteiger partial charge on any atom is -0.355 e. The molecule has 27 heavy (non-hydrogen) atoms. The second-order valence-corrected chi connectivity index (χ2v) is 8.90. The smallest absolute Gasteiger partial charge is 0.175 e. The van der Waals surface area contributed by atoms with E-state index < -0.39 is 9.84 Å². The fraction of sp³-hybridized carbons (Fsp3) is 0.368. The molecular weight excluding hydrogens is 384 g/mol. The average Bonchev–Trinajstić information content (AvgIpc) is 3.05. The fourth-order valence-electron chi connectivity index (χ4n) is 3.48. The summed E-state index contributed by atoms with van der Waals surface area (Å²) in [5.41, 5.74) is 3.68. The van der Waals surface area contributed by atoms with Crippen molar-refractivity contribution in [3.63, 3.8) is 0 Å². The summed E-state index contributed by atoms with van der Waals surface area (Å²) < 4.78 is 23.3. The lowest BCUT2D eigenvalue weighted by atomic mass is 10.1. The van der Waals surface area contributed by atoms with Gasteiger partial charge in [0.25, 0.3) is 0 Å². The number of nitrogens with one attached hydrogen (secondary N) is 1. The van der Waals surface area contributed by atoms with E-state index >= 15 is 0 Å². The lowest BCUT2D eigenvalue weighted by Gasteiger charge is -2.28.